The van der Waals surface area contributed by atoms with E-state index in [4.69, 9.17) is 0 Å². The minimum atomic E-state index is -3.32. The summed E-state index contributed by atoms with van der Waals surface area (Å²) in [7, 11) is -3.32. The predicted molar refractivity (Wildman–Crippen MR) is 80.1 cm³/mol. The van der Waals surface area contributed by atoms with Gasteiger partial charge >= 0.3 is 0 Å². The molecule has 1 aromatic rings. The smallest absolute Gasteiger partial charge is 0.206 e. The zero-order chi connectivity index (χ0) is 14.0. The van der Waals surface area contributed by atoms with Crippen molar-refractivity contribution in [3.63, 3.8) is 0 Å². The van der Waals surface area contributed by atoms with Gasteiger partial charge in [-0.1, -0.05) is 19.8 Å². The van der Waals surface area contributed by atoms with E-state index in [2.05, 4.69) is 6.92 Å². The van der Waals surface area contributed by atoms with Crippen molar-refractivity contribution in [2.24, 2.45) is 0 Å². The first kappa shape index (κ1) is 15.0. The van der Waals surface area contributed by atoms with E-state index in [-0.39, 0.29) is 12.1 Å². The molecular formula is C14H23NO2S2. The van der Waals surface area contributed by atoms with E-state index >= 15 is 0 Å². The third-order valence-electron chi connectivity index (χ3n) is 3.71. The van der Waals surface area contributed by atoms with Gasteiger partial charge in [-0.2, -0.15) is 4.31 Å². The fourth-order valence-electron chi connectivity index (χ4n) is 2.84. The van der Waals surface area contributed by atoms with E-state index in [0.29, 0.717) is 4.21 Å². The number of nitrogens with zero attached hydrogens (tertiary/aromatic N) is 1. The third-order valence-corrected chi connectivity index (χ3v) is 7.54. The van der Waals surface area contributed by atoms with Crippen LogP contribution in [0.3, 0.4) is 0 Å². The molecule has 1 aliphatic rings. The molecule has 0 saturated heterocycles. The lowest BCUT2D eigenvalue weighted by molar-refractivity contribution is 0.276. The highest BCUT2D eigenvalue weighted by Gasteiger charge is 2.35. The van der Waals surface area contributed by atoms with Crippen molar-refractivity contribution in [1.29, 1.82) is 0 Å². The van der Waals surface area contributed by atoms with Crippen molar-refractivity contribution in [3.05, 3.63) is 17.0 Å². The quantitative estimate of drug-likeness (QED) is 0.832. The average Bonchev–Trinajstić information content (AvgIpc) is 2.98. The van der Waals surface area contributed by atoms with Crippen LogP contribution in [0.1, 0.15) is 51.3 Å². The Morgan fingerprint density at radius 1 is 1.32 bits per heavy atom. The van der Waals surface area contributed by atoms with Crippen LogP contribution in [-0.2, 0) is 16.4 Å². The molecule has 0 aliphatic heterocycles. The summed E-state index contributed by atoms with van der Waals surface area (Å²) < 4.78 is 27.9. The molecule has 1 fully saturated rings. The van der Waals surface area contributed by atoms with Crippen LogP contribution >= 0.6 is 11.3 Å². The largest absolute Gasteiger partial charge is 0.253 e. The van der Waals surface area contributed by atoms with E-state index < -0.39 is 10.0 Å². The Balaban J connectivity index is 2.33. The highest BCUT2D eigenvalue weighted by atomic mass is 32.2. The van der Waals surface area contributed by atoms with E-state index in [0.717, 1.165) is 37.0 Å². The van der Waals surface area contributed by atoms with E-state index in [9.17, 15) is 8.42 Å². The lowest BCUT2D eigenvalue weighted by Crippen LogP contribution is -2.43. The lowest BCUT2D eigenvalue weighted by atomic mass is 10.2. The van der Waals surface area contributed by atoms with Gasteiger partial charge in [0.15, 0.2) is 0 Å². The molecule has 3 nitrogen and oxygen atoms in total. The van der Waals surface area contributed by atoms with Gasteiger partial charge in [0.2, 0.25) is 0 Å². The van der Waals surface area contributed by atoms with Crippen LogP contribution in [0.25, 0.3) is 0 Å². The third kappa shape index (κ3) is 3.03. The summed E-state index contributed by atoms with van der Waals surface area (Å²) >= 11 is 1.41. The van der Waals surface area contributed by atoms with Crippen LogP contribution in [0.15, 0.2) is 16.3 Å². The standard InChI is InChI=1S/C14H23NO2S2/c1-4-13-9-10-14(18-13)19(16,17)15(11(2)3)12-7-5-6-8-12/h9-12H,4-8H2,1-3H3. The fraction of sp³-hybridized carbons (Fsp3) is 0.714. The van der Waals surface area contributed by atoms with Crippen LogP contribution in [0.2, 0.25) is 0 Å². The SMILES string of the molecule is CCc1ccc(S(=O)(=O)N(C(C)C)C2CCCC2)s1. The summed E-state index contributed by atoms with van der Waals surface area (Å²) in [5.74, 6) is 0. The average molecular weight is 301 g/mol. The van der Waals surface area contributed by atoms with Crippen molar-refractivity contribution >= 4 is 21.4 Å². The maximum absolute atomic E-state index is 12.8. The highest BCUT2D eigenvalue weighted by molar-refractivity contribution is 7.91. The number of thiophene rings is 1. The Morgan fingerprint density at radius 3 is 2.42 bits per heavy atom. The van der Waals surface area contributed by atoms with Gasteiger partial charge < -0.3 is 0 Å². The van der Waals surface area contributed by atoms with Gasteiger partial charge in [-0.25, -0.2) is 8.42 Å². The Hall–Kier alpha value is -0.390. The summed E-state index contributed by atoms with van der Waals surface area (Å²) in [5, 5.41) is 0. The van der Waals surface area contributed by atoms with E-state index in [1.165, 1.54) is 11.3 Å². The zero-order valence-electron chi connectivity index (χ0n) is 11.9. The molecule has 19 heavy (non-hydrogen) atoms. The van der Waals surface area contributed by atoms with E-state index in [1.54, 1.807) is 10.4 Å². The van der Waals surface area contributed by atoms with Gasteiger partial charge in [0.1, 0.15) is 4.21 Å². The Kier molecular flexibility index (Phi) is 4.69. The topological polar surface area (TPSA) is 37.4 Å². The van der Waals surface area contributed by atoms with Crippen LogP contribution in [-0.4, -0.2) is 24.8 Å². The van der Waals surface area contributed by atoms with Gasteiger partial charge in [0.05, 0.1) is 0 Å². The van der Waals surface area contributed by atoms with Crippen molar-refractivity contribution in [3.8, 4) is 0 Å². The second kappa shape index (κ2) is 5.94. The molecule has 1 aromatic heterocycles. The van der Waals surface area contributed by atoms with E-state index in [1.807, 2.05) is 19.9 Å². The number of hydrogen-bond donors (Lipinski definition) is 0. The molecule has 0 unspecified atom stereocenters. The second-order valence-electron chi connectivity index (χ2n) is 5.44. The van der Waals surface area contributed by atoms with Gasteiger partial charge in [-0.3, -0.25) is 0 Å². The number of hydrogen-bond acceptors (Lipinski definition) is 3. The summed E-state index contributed by atoms with van der Waals surface area (Å²) in [6, 6.07) is 3.92. The van der Waals surface area contributed by atoms with Gasteiger partial charge in [0.25, 0.3) is 10.0 Å². The molecule has 1 saturated carbocycles. The Bertz CT molecular complexity index is 513. The van der Waals surface area contributed by atoms with Crippen molar-refractivity contribution in [1.82, 2.24) is 4.31 Å². The molecule has 0 N–H and O–H groups in total. The number of sulfonamides is 1. The van der Waals surface area contributed by atoms with Crippen LogP contribution < -0.4 is 0 Å². The van der Waals surface area contributed by atoms with Crippen molar-refractivity contribution in [2.45, 2.75) is 69.2 Å². The summed E-state index contributed by atoms with van der Waals surface area (Å²) in [6.45, 7) is 6.01. The Morgan fingerprint density at radius 2 is 1.95 bits per heavy atom. The minimum absolute atomic E-state index is 0.0280. The molecule has 5 heteroatoms. The molecule has 1 heterocycles. The molecule has 0 radical (unpaired) electrons. The normalized spacial score (nSPS) is 17.7. The monoisotopic (exact) mass is 301 g/mol. The highest BCUT2D eigenvalue weighted by Crippen LogP contribution is 2.33. The number of aryl methyl sites for hydroxylation is 1. The predicted octanol–water partition coefficient (Wildman–Crippen LogP) is 3.65. The molecule has 0 atom stereocenters. The molecule has 0 bridgehead atoms. The van der Waals surface area contributed by atoms with Crippen LogP contribution in [0.5, 0.6) is 0 Å². The van der Waals surface area contributed by atoms with Gasteiger partial charge in [0, 0.05) is 17.0 Å². The van der Waals surface area contributed by atoms with Crippen LogP contribution in [0.4, 0.5) is 0 Å². The van der Waals surface area contributed by atoms with Crippen LogP contribution in [0, 0.1) is 0 Å². The lowest BCUT2D eigenvalue weighted by Gasteiger charge is -2.31. The zero-order valence-corrected chi connectivity index (χ0v) is 13.6. The van der Waals surface area contributed by atoms with Gasteiger partial charge in [-0.05, 0) is 45.2 Å². The first-order valence-electron chi connectivity index (χ1n) is 7.09. The molecule has 108 valence electrons. The molecule has 0 spiro atoms. The summed E-state index contributed by atoms with van der Waals surface area (Å²) in [4.78, 5) is 1.13. The summed E-state index contributed by atoms with van der Waals surface area (Å²) in [6.07, 6.45) is 5.19. The molecular weight excluding hydrogens is 278 g/mol. The first-order valence-corrected chi connectivity index (χ1v) is 9.34. The minimum Gasteiger partial charge on any atom is -0.206 e. The molecule has 2 rings (SSSR count). The van der Waals surface area contributed by atoms with Gasteiger partial charge in [-0.15, -0.1) is 11.3 Å². The van der Waals surface area contributed by atoms with Crippen molar-refractivity contribution in [2.75, 3.05) is 0 Å². The van der Waals surface area contributed by atoms with Crippen molar-refractivity contribution < 1.29 is 8.42 Å². The Labute approximate surface area is 120 Å². The molecule has 1 aliphatic carbocycles. The maximum Gasteiger partial charge on any atom is 0.253 e. The molecule has 0 aromatic carbocycles. The first-order chi connectivity index (χ1) is 8.96. The fourth-order valence-corrected chi connectivity index (χ4v) is 6.13. The summed E-state index contributed by atoms with van der Waals surface area (Å²) in [5.41, 5.74) is 0. The molecule has 0 amide bonds. The second-order valence-corrected chi connectivity index (χ2v) is 8.68. The number of rotatable bonds is 5. The maximum atomic E-state index is 12.8.